The number of anilines is 1. The minimum absolute atomic E-state index is 0.143. The third-order valence-corrected chi connectivity index (χ3v) is 4.78. The first-order valence-corrected chi connectivity index (χ1v) is 8.38. The smallest absolute Gasteiger partial charge is 0.322 e. The van der Waals surface area contributed by atoms with Crippen LogP contribution < -0.4 is 11.0 Å². The van der Waals surface area contributed by atoms with Gasteiger partial charge in [0.2, 0.25) is 0 Å². The summed E-state index contributed by atoms with van der Waals surface area (Å²) in [5.41, 5.74) is 1.36. The number of carbonyl (C=O) groups is 1. The minimum Gasteiger partial charge on any atom is -0.322 e. The molecule has 1 saturated heterocycles. The van der Waals surface area contributed by atoms with Gasteiger partial charge in [-0.15, -0.1) is 0 Å². The van der Waals surface area contributed by atoms with Gasteiger partial charge in [-0.1, -0.05) is 12.1 Å². The molecule has 2 amide bonds. The first-order valence-electron chi connectivity index (χ1n) is 8.38. The lowest BCUT2D eigenvalue weighted by atomic mass is 10.2. The number of para-hydroxylation sites is 1. The minimum atomic E-state index is -0.480. The number of pyridine rings is 1. The molecule has 4 rings (SSSR count). The van der Waals surface area contributed by atoms with Gasteiger partial charge in [-0.3, -0.25) is 9.13 Å². The van der Waals surface area contributed by atoms with Gasteiger partial charge in [0.1, 0.15) is 5.82 Å². The van der Waals surface area contributed by atoms with E-state index in [0.717, 1.165) is 5.52 Å². The van der Waals surface area contributed by atoms with Crippen LogP contribution >= 0.6 is 0 Å². The summed E-state index contributed by atoms with van der Waals surface area (Å²) in [7, 11) is 1.71. The number of rotatable bonds is 2. The Hall–Kier alpha value is -3.16. The second-order valence-corrected chi connectivity index (χ2v) is 6.36. The molecule has 0 radical (unpaired) electrons. The summed E-state index contributed by atoms with van der Waals surface area (Å²) in [6.45, 7) is 0.858. The summed E-state index contributed by atoms with van der Waals surface area (Å²) in [6, 6.07) is 9.13. The van der Waals surface area contributed by atoms with Crippen molar-refractivity contribution in [3.05, 3.63) is 58.9 Å². The van der Waals surface area contributed by atoms with Crippen LogP contribution in [0.1, 0.15) is 12.5 Å². The molecule has 1 N–H and O–H groups in total. The molecule has 0 bridgehead atoms. The van der Waals surface area contributed by atoms with Crippen LogP contribution in [0.5, 0.6) is 0 Å². The lowest BCUT2D eigenvalue weighted by molar-refractivity contribution is 0.220. The highest BCUT2D eigenvalue weighted by atomic mass is 19.1. The summed E-state index contributed by atoms with van der Waals surface area (Å²) in [5, 5.41) is 2.58. The number of likely N-dealkylation sites (tertiary alicyclic amines) is 1. The van der Waals surface area contributed by atoms with E-state index in [0.29, 0.717) is 25.2 Å². The van der Waals surface area contributed by atoms with Crippen molar-refractivity contribution < 1.29 is 9.18 Å². The van der Waals surface area contributed by atoms with E-state index in [1.54, 1.807) is 45.5 Å². The number of urea groups is 1. The number of hydrogen-bond donors (Lipinski definition) is 1. The molecule has 1 aliphatic rings. The van der Waals surface area contributed by atoms with Gasteiger partial charge < -0.3 is 10.2 Å². The zero-order valence-electron chi connectivity index (χ0n) is 14.2. The summed E-state index contributed by atoms with van der Waals surface area (Å²) >= 11 is 0. The number of aryl methyl sites for hydroxylation is 1. The Morgan fingerprint density at radius 1 is 1.27 bits per heavy atom. The van der Waals surface area contributed by atoms with Crippen molar-refractivity contribution in [1.29, 1.82) is 0 Å². The fraction of sp³-hybridized carbons (Fsp3) is 0.278. The number of nitrogens with one attached hydrogen (secondary N) is 1. The molecule has 8 heteroatoms. The fourth-order valence-corrected chi connectivity index (χ4v) is 3.41. The SMILES string of the molecule is Cn1c(=O)n([C@@H]2CCN(C(=O)Nc3ccccc3F)C2)c2ncccc21. The molecule has 1 atom stereocenters. The first-order chi connectivity index (χ1) is 12.6. The topological polar surface area (TPSA) is 72.2 Å². The van der Waals surface area contributed by atoms with Crippen molar-refractivity contribution in [3.63, 3.8) is 0 Å². The molecule has 134 valence electrons. The fourth-order valence-electron chi connectivity index (χ4n) is 3.41. The van der Waals surface area contributed by atoms with Gasteiger partial charge >= 0.3 is 11.7 Å². The van der Waals surface area contributed by atoms with Crippen LogP contribution in [-0.4, -0.2) is 38.1 Å². The number of nitrogens with zero attached hydrogens (tertiary/aromatic N) is 4. The molecule has 1 fully saturated rings. The maximum absolute atomic E-state index is 13.7. The van der Waals surface area contributed by atoms with Gasteiger partial charge in [-0.2, -0.15) is 0 Å². The highest BCUT2D eigenvalue weighted by molar-refractivity contribution is 5.89. The average molecular weight is 355 g/mol. The van der Waals surface area contributed by atoms with E-state index in [2.05, 4.69) is 10.3 Å². The molecule has 0 spiro atoms. The lowest BCUT2D eigenvalue weighted by Gasteiger charge is -2.18. The maximum Gasteiger partial charge on any atom is 0.330 e. The average Bonchev–Trinajstić information content (AvgIpc) is 3.21. The second kappa shape index (κ2) is 6.29. The molecular weight excluding hydrogens is 337 g/mol. The van der Waals surface area contributed by atoms with Crippen LogP contribution in [0.4, 0.5) is 14.9 Å². The zero-order valence-corrected chi connectivity index (χ0v) is 14.2. The van der Waals surface area contributed by atoms with Gasteiger partial charge in [0.15, 0.2) is 5.65 Å². The zero-order chi connectivity index (χ0) is 18.3. The number of imidazole rings is 1. The van der Waals surface area contributed by atoms with Gasteiger partial charge in [0.05, 0.1) is 17.2 Å². The Kier molecular flexibility index (Phi) is 3.95. The van der Waals surface area contributed by atoms with Crippen LogP contribution in [-0.2, 0) is 7.05 Å². The summed E-state index contributed by atoms with van der Waals surface area (Å²) < 4.78 is 16.9. The molecule has 1 aromatic carbocycles. The Bertz CT molecular complexity index is 1040. The lowest BCUT2D eigenvalue weighted by Crippen LogP contribution is -2.34. The van der Waals surface area contributed by atoms with Crippen LogP contribution in [0.3, 0.4) is 0 Å². The van der Waals surface area contributed by atoms with Crippen LogP contribution in [0.25, 0.3) is 11.2 Å². The van der Waals surface area contributed by atoms with Crippen molar-refractivity contribution in [2.75, 3.05) is 18.4 Å². The molecule has 0 saturated carbocycles. The number of aromatic nitrogens is 3. The molecule has 2 aromatic heterocycles. The second-order valence-electron chi connectivity index (χ2n) is 6.36. The van der Waals surface area contributed by atoms with E-state index in [-0.39, 0.29) is 23.5 Å². The van der Waals surface area contributed by atoms with E-state index >= 15 is 0 Å². The van der Waals surface area contributed by atoms with Gasteiger partial charge in [-0.25, -0.2) is 19.0 Å². The molecular formula is C18H18FN5O2. The maximum atomic E-state index is 13.7. The first kappa shape index (κ1) is 16.3. The number of amides is 2. The van der Waals surface area contributed by atoms with E-state index in [1.807, 2.05) is 6.07 Å². The standard InChI is InChI=1S/C18H18FN5O2/c1-22-15-7-4-9-20-16(15)24(18(22)26)12-8-10-23(11-12)17(25)21-14-6-3-2-5-13(14)19/h2-7,9,12H,8,10-11H2,1H3,(H,21,25)/t12-/m1/s1. The van der Waals surface area contributed by atoms with Crippen molar-refractivity contribution in [2.45, 2.75) is 12.5 Å². The highest BCUT2D eigenvalue weighted by Crippen LogP contribution is 2.24. The number of halogens is 1. The van der Waals surface area contributed by atoms with Crippen LogP contribution in [0.15, 0.2) is 47.4 Å². The van der Waals surface area contributed by atoms with Gasteiger partial charge in [-0.05, 0) is 30.7 Å². The summed E-state index contributed by atoms with van der Waals surface area (Å²) in [6.07, 6.45) is 2.29. The molecule has 0 aliphatic carbocycles. The van der Waals surface area contributed by atoms with Gasteiger partial charge in [0.25, 0.3) is 0 Å². The van der Waals surface area contributed by atoms with E-state index in [9.17, 15) is 14.0 Å². The Morgan fingerprint density at radius 2 is 2.08 bits per heavy atom. The van der Waals surface area contributed by atoms with Crippen molar-refractivity contribution >= 4 is 22.9 Å². The third kappa shape index (κ3) is 2.63. The Morgan fingerprint density at radius 3 is 2.88 bits per heavy atom. The number of fused-ring (bicyclic) bond motifs is 1. The monoisotopic (exact) mass is 355 g/mol. The predicted molar refractivity (Wildman–Crippen MR) is 95.6 cm³/mol. The molecule has 26 heavy (non-hydrogen) atoms. The highest BCUT2D eigenvalue weighted by Gasteiger charge is 2.30. The molecule has 3 aromatic rings. The summed E-state index contributed by atoms with van der Waals surface area (Å²) in [5.74, 6) is -0.480. The number of hydrogen-bond acceptors (Lipinski definition) is 3. The van der Waals surface area contributed by atoms with E-state index < -0.39 is 5.82 Å². The van der Waals surface area contributed by atoms with E-state index in [1.165, 1.54) is 12.1 Å². The number of carbonyl (C=O) groups excluding carboxylic acids is 1. The largest absolute Gasteiger partial charge is 0.330 e. The normalized spacial score (nSPS) is 17.0. The third-order valence-electron chi connectivity index (χ3n) is 4.78. The van der Waals surface area contributed by atoms with Crippen molar-refractivity contribution in [1.82, 2.24) is 19.0 Å². The Labute approximate surface area is 148 Å². The van der Waals surface area contributed by atoms with Crippen molar-refractivity contribution in [2.24, 2.45) is 7.05 Å². The quantitative estimate of drug-likeness (QED) is 0.767. The molecule has 7 nitrogen and oxygen atoms in total. The molecule has 0 unspecified atom stereocenters. The summed E-state index contributed by atoms with van der Waals surface area (Å²) in [4.78, 5) is 31.0. The number of benzene rings is 1. The van der Waals surface area contributed by atoms with Crippen molar-refractivity contribution in [3.8, 4) is 0 Å². The van der Waals surface area contributed by atoms with Crippen LogP contribution in [0, 0.1) is 5.82 Å². The van der Waals surface area contributed by atoms with E-state index in [4.69, 9.17) is 0 Å². The molecule has 1 aliphatic heterocycles. The van der Waals surface area contributed by atoms with Crippen LogP contribution in [0.2, 0.25) is 0 Å². The predicted octanol–water partition coefficient (Wildman–Crippen LogP) is 2.35. The molecule has 3 heterocycles. The van der Waals surface area contributed by atoms with Gasteiger partial charge in [0, 0.05) is 26.3 Å². The Balaban J connectivity index is 1.56.